The summed E-state index contributed by atoms with van der Waals surface area (Å²) in [5.41, 5.74) is 2.43. The number of amides is 1. The van der Waals surface area contributed by atoms with E-state index < -0.39 is 0 Å². The maximum absolute atomic E-state index is 12.7. The molecular weight excluding hydrogens is 472 g/mol. The van der Waals surface area contributed by atoms with Gasteiger partial charge < -0.3 is 23.9 Å². The average Bonchev–Trinajstić information content (AvgIpc) is 3.42. The molecule has 198 valence electrons. The van der Waals surface area contributed by atoms with Gasteiger partial charge in [0.25, 0.3) is 5.91 Å². The van der Waals surface area contributed by atoms with Crippen molar-refractivity contribution in [1.82, 2.24) is 20.1 Å². The highest BCUT2D eigenvalue weighted by atomic mass is 16.5. The van der Waals surface area contributed by atoms with E-state index in [2.05, 4.69) is 39.2 Å². The van der Waals surface area contributed by atoms with Crippen molar-refractivity contribution < 1.29 is 23.4 Å². The van der Waals surface area contributed by atoms with Crippen molar-refractivity contribution in [3.63, 3.8) is 0 Å². The Morgan fingerprint density at radius 1 is 1.11 bits per heavy atom. The van der Waals surface area contributed by atoms with Crippen LogP contribution >= 0.6 is 0 Å². The van der Waals surface area contributed by atoms with E-state index in [1.165, 1.54) is 6.26 Å². The molecule has 1 aliphatic rings. The molecule has 2 aromatic carbocycles. The zero-order valence-electron chi connectivity index (χ0n) is 21.8. The number of ether oxygens (including phenoxy) is 3. The van der Waals surface area contributed by atoms with E-state index in [9.17, 15) is 4.79 Å². The predicted molar refractivity (Wildman–Crippen MR) is 140 cm³/mol. The van der Waals surface area contributed by atoms with Gasteiger partial charge in [-0.2, -0.15) is 0 Å². The highest BCUT2D eigenvalue weighted by Gasteiger charge is 2.22. The van der Waals surface area contributed by atoms with Crippen LogP contribution in [0.25, 0.3) is 0 Å². The van der Waals surface area contributed by atoms with E-state index in [0.29, 0.717) is 25.5 Å². The largest absolute Gasteiger partial charge is 0.497 e. The van der Waals surface area contributed by atoms with E-state index in [1.54, 1.807) is 14.2 Å². The number of rotatable bonds is 12. The summed E-state index contributed by atoms with van der Waals surface area (Å²) < 4.78 is 22.2. The Labute approximate surface area is 218 Å². The number of benzene rings is 2. The average molecular weight is 509 g/mol. The molecule has 2 heterocycles. The van der Waals surface area contributed by atoms with Gasteiger partial charge in [0.1, 0.15) is 17.8 Å². The molecule has 1 aliphatic heterocycles. The summed E-state index contributed by atoms with van der Waals surface area (Å²) in [6.07, 6.45) is 1.43. The summed E-state index contributed by atoms with van der Waals surface area (Å²) in [5, 5.41) is 2.94. The Balaban J connectivity index is 1.46. The number of carbonyl (C=O) groups is 1. The SMILES string of the molecule is COc1ccc(OC)c(CN(Cc2nc(C(=O)NCCN3CCOCC3)co2)[C@H](C)c2ccccc2)c1. The minimum Gasteiger partial charge on any atom is -0.497 e. The quantitative estimate of drug-likeness (QED) is 0.398. The number of methoxy groups -OCH3 is 2. The fourth-order valence-corrected chi connectivity index (χ4v) is 4.40. The van der Waals surface area contributed by atoms with Gasteiger partial charge in [-0.25, -0.2) is 4.98 Å². The van der Waals surface area contributed by atoms with Gasteiger partial charge in [0.15, 0.2) is 5.69 Å². The topological polar surface area (TPSA) is 89.3 Å². The first-order chi connectivity index (χ1) is 18.1. The molecule has 4 rings (SSSR count). The molecule has 1 saturated heterocycles. The lowest BCUT2D eigenvalue weighted by Gasteiger charge is -2.29. The molecular formula is C28H36N4O5. The molecule has 0 bridgehead atoms. The number of carbonyl (C=O) groups excluding carboxylic acids is 1. The van der Waals surface area contributed by atoms with Crippen molar-refractivity contribution >= 4 is 5.91 Å². The second-order valence-corrected chi connectivity index (χ2v) is 9.01. The number of hydrogen-bond acceptors (Lipinski definition) is 8. The van der Waals surface area contributed by atoms with Crippen molar-refractivity contribution in [3.05, 3.63) is 77.5 Å². The Bertz CT molecular complexity index is 1130. The van der Waals surface area contributed by atoms with E-state index >= 15 is 0 Å². The van der Waals surface area contributed by atoms with E-state index in [4.69, 9.17) is 18.6 Å². The van der Waals surface area contributed by atoms with Crippen molar-refractivity contribution in [3.8, 4) is 11.5 Å². The Morgan fingerprint density at radius 3 is 2.62 bits per heavy atom. The van der Waals surface area contributed by atoms with Crippen LogP contribution < -0.4 is 14.8 Å². The third-order valence-electron chi connectivity index (χ3n) is 6.63. The normalized spacial score (nSPS) is 14.9. The summed E-state index contributed by atoms with van der Waals surface area (Å²) in [6.45, 7) is 7.70. The van der Waals surface area contributed by atoms with Gasteiger partial charge in [-0.15, -0.1) is 0 Å². The highest BCUT2D eigenvalue weighted by molar-refractivity contribution is 5.91. The van der Waals surface area contributed by atoms with Gasteiger partial charge in [-0.05, 0) is 30.7 Å². The van der Waals surface area contributed by atoms with Crippen LogP contribution in [-0.4, -0.2) is 74.3 Å². The number of hydrogen-bond donors (Lipinski definition) is 1. The summed E-state index contributed by atoms with van der Waals surface area (Å²) in [7, 11) is 3.31. The lowest BCUT2D eigenvalue weighted by molar-refractivity contribution is 0.0383. The van der Waals surface area contributed by atoms with Gasteiger partial charge in [0, 0.05) is 44.3 Å². The predicted octanol–water partition coefficient (Wildman–Crippen LogP) is 3.52. The van der Waals surface area contributed by atoms with Gasteiger partial charge in [0.05, 0.1) is 34.0 Å². The standard InChI is InChI=1S/C28H36N4O5/c1-21(22-7-5-4-6-8-22)32(18-23-17-24(34-2)9-10-26(23)35-3)19-27-30-25(20-37-27)28(33)29-11-12-31-13-15-36-16-14-31/h4-10,17,20-21H,11-16,18-19H2,1-3H3,(H,29,33)/t21-/m1/s1. The number of aromatic nitrogens is 1. The molecule has 1 amide bonds. The molecule has 9 heteroatoms. The first-order valence-electron chi connectivity index (χ1n) is 12.6. The molecule has 9 nitrogen and oxygen atoms in total. The molecule has 1 fully saturated rings. The fraction of sp³-hybridized carbons (Fsp3) is 0.429. The molecule has 3 aromatic rings. The third-order valence-corrected chi connectivity index (χ3v) is 6.63. The van der Waals surface area contributed by atoms with E-state index in [1.807, 2.05) is 36.4 Å². The molecule has 0 radical (unpaired) electrons. The van der Waals surface area contributed by atoms with Gasteiger partial charge in [-0.3, -0.25) is 14.6 Å². The smallest absolute Gasteiger partial charge is 0.273 e. The van der Waals surface area contributed by atoms with Crippen LogP contribution in [0.5, 0.6) is 11.5 Å². The van der Waals surface area contributed by atoms with Crippen LogP contribution in [-0.2, 0) is 17.8 Å². The monoisotopic (exact) mass is 508 g/mol. The first kappa shape index (κ1) is 26.7. The van der Waals surface area contributed by atoms with Crippen molar-refractivity contribution in [2.45, 2.75) is 26.1 Å². The van der Waals surface area contributed by atoms with Gasteiger partial charge in [-0.1, -0.05) is 30.3 Å². The number of nitrogens with zero attached hydrogens (tertiary/aromatic N) is 3. The van der Waals surface area contributed by atoms with Crippen molar-refractivity contribution in [2.75, 3.05) is 53.6 Å². The van der Waals surface area contributed by atoms with Crippen LogP contribution in [0.4, 0.5) is 0 Å². The lowest BCUT2D eigenvalue weighted by Crippen LogP contribution is -2.41. The van der Waals surface area contributed by atoms with Crippen molar-refractivity contribution in [2.24, 2.45) is 0 Å². The zero-order valence-corrected chi connectivity index (χ0v) is 21.8. The van der Waals surface area contributed by atoms with Crippen LogP contribution in [0.3, 0.4) is 0 Å². The molecule has 1 N–H and O–H groups in total. The summed E-state index contributed by atoms with van der Waals surface area (Å²) in [5.74, 6) is 1.78. The van der Waals surface area contributed by atoms with Crippen LogP contribution in [0.15, 0.2) is 59.2 Å². The van der Waals surface area contributed by atoms with Crippen LogP contribution in [0, 0.1) is 0 Å². The third kappa shape index (κ3) is 7.31. The highest BCUT2D eigenvalue weighted by Crippen LogP contribution is 2.30. The molecule has 0 aliphatic carbocycles. The zero-order chi connectivity index (χ0) is 26.0. The molecule has 1 aromatic heterocycles. The summed E-state index contributed by atoms with van der Waals surface area (Å²) in [6, 6.07) is 16.1. The molecule has 0 saturated carbocycles. The molecule has 0 spiro atoms. The first-order valence-corrected chi connectivity index (χ1v) is 12.6. The maximum atomic E-state index is 12.7. The Kier molecular flexibility index (Phi) is 9.53. The molecule has 0 unspecified atom stereocenters. The van der Waals surface area contributed by atoms with Crippen LogP contribution in [0.2, 0.25) is 0 Å². The van der Waals surface area contributed by atoms with Gasteiger partial charge >= 0.3 is 0 Å². The van der Waals surface area contributed by atoms with E-state index in [0.717, 1.165) is 55.5 Å². The maximum Gasteiger partial charge on any atom is 0.273 e. The Morgan fingerprint density at radius 2 is 1.89 bits per heavy atom. The lowest BCUT2D eigenvalue weighted by atomic mass is 10.1. The molecule has 37 heavy (non-hydrogen) atoms. The summed E-state index contributed by atoms with van der Waals surface area (Å²) >= 11 is 0. The second kappa shape index (κ2) is 13.2. The minimum atomic E-state index is -0.236. The fourth-order valence-electron chi connectivity index (χ4n) is 4.40. The van der Waals surface area contributed by atoms with Crippen molar-refractivity contribution in [1.29, 1.82) is 0 Å². The molecule has 1 atom stereocenters. The second-order valence-electron chi connectivity index (χ2n) is 9.01. The minimum absolute atomic E-state index is 0.0507. The Hall–Kier alpha value is -3.40. The van der Waals surface area contributed by atoms with Gasteiger partial charge in [0.2, 0.25) is 5.89 Å². The van der Waals surface area contributed by atoms with Crippen LogP contribution in [0.1, 0.15) is 40.5 Å². The van der Waals surface area contributed by atoms with E-state index in [-0.39, 0.29) is 17.6 Å². The number of oxazole rings is 1. The summed E-state index contributed by atoms with van der Waals surface area (Å²) in [4.78, 5) is 21.7. The number of nitrogens with one attached hydrogen (secondary N) is 1. The number of morpholine rings is 1.